The molecule has 8 rings (SSSR count). The predicted molar refractivity (Wildman–Crippen MR) is 163 cm³/mol. The Balaban J connectivity index is 1.34. The number of fused-ring (bicyclic) bond motifs is 4. The zero-order chi connectivity index (χ0) is 26.3. The highest BCUT2D eigenvalue weighted by Crippen LogP contribution is 2.50. The van der Waals surface area contributed by atoms with Crippen LogP contribution in [-0.2, 0) is 5.41 Å². The van der Waals surface area contributed by atoms with E-state index in [1.165, 1.54) is 38.8 Å². The van der Waals surface area contributed by atoms with Gasteiger partial charge in [-0.05, 0) is 42.0 Å². The first-order chi connectivity index (χ1) is 19.0. The smallest absolute Gasteiger partial charge is 0.0791 e. The molecular weight excluding hydrogens is 500 g/mol. The zero-order valence-electron chi connectivity index (χ0n) is 21.9. The third-order valence-electron chi connectivity index (χ3n) is 8.86. The number of aromatic amines is 1. The monoisotopic (exact) mass is 528 g/mol. The van der Waals surface area contributed by atoms with Crippen LogP contribution < -0.4 is 10.3 Å². The van der Waals surface area contributed by atoms with Gasteiger partial charge in [-0.1, -0.05) is 86.2 Å². The Morgan fingerprint density at radius 2 is 1.72 bits per heavy atom. The molecule has 0 saturated carbocycles. The molecule has 0 saturated heterocycles. The van der Waals surface area contributed by atoms with Gasteiger partial charge in [-0.3, -0.25) is 9.69 Å². The molecule has 3 unspecified atom stereocenters. The van der Waals surface area contributed by atoms with Gasteiger partial charge in [0.25, 0.3) is 0 Å². The molecule has 5 aromatic rings. The first-order valence-corrected chi connectivity index (χ1v) is 14.0. The minimum absolute atomic E-state index is 0.0887. The first kappa shape index (κ1) is 22.8. The summed E-state index contributed by atoms with van der Waals surface area (Å²) in [7, 11) is 0. The van der Waals surface area contributed by atoms with E-state index in [1.54, 1.807) is 0 Å². The maximum atomic E-state index is 6.63. The van der Waals surface area contributed by atoms with Crippen LogP contribution in [0.1, 0.15) is 36.6 Å². The molecule has 0 fully saturated rings. The summed E-state index contributed by atoms with van der Waals surface area (Å²) in [6, 6.07) is 23.8. The molecule has 4 heterocycles. The van der Waals surface area contributed by atoms with Gasteiger partial charge in [-0.15, -0.1) is 0 Å². The summed E-state index contributed by atoms with van der Waals surface area (Å²) in [6.45, 7) is 4.67. The fraction of sp³-hybridized carbons (Fsp3) is 0.176. The Hall–Kier alpha value is -4.15. The number of aromatic nitrogens is 2. The molecule has 5 heteroatoms. The number of rotatable bonds is 3. The third kappa shape index (κ3) is 3.25. The van der Waals surface area contributed by atoms with Crippen LogP contribution >= 0.6 is 11.6 Å². The summed E-state index contributed by atoms with van der Waals surface area (Å²) in [4.78, 5) is 3.49. The Morgan fingerprint density at radius 1 is 0.897 bits per heavy atom. The van der Waals surface area contributed by atoms with Crippen LogP contribution in [0.25, 0.3) is 27.5 Å². The average Bonchev–Trinajstić information content (AvgIpc) is 3.69. The topological polar surface area (TPSA) is 36.0 Å². The summed E-state index contributed by atoms with van der Waals surface area (Å²) in [5, 5.41) is 9.48. The van der Waals surface area contributed by atoms with E-state index in [4.69, 9.17) is 11.6 Å². The molecule has 1 aliphatic carbocycles. The standard InChI is InChI=1S/C34H29ClN4/c1-34(2)27-11-5-7-13-29(27)37-33(34)26-20-38(31-16-15-22(35)18-24(26)31)39-30-14-8-3-9-21(30)17-32(39)25-19-36-28-12-6-4-10-23(25)28/h3-21,30,33,36-37H,1-2H3. The SMILES string of the molecule is CC1(C)c2ccccc2NC1c1cn(N2C(c3c[nH]c4ccccc34)=CC3C=CC=CC32)c2ccc(Cl)cc12. The Morgan fingerprint density at radius 3 is 2.62 bits per heavy atom. The van der Waals surface area contributed by atoms with Crippen LogP contribution in [0.2, 0.25) is 5.02 Å². The van der Waals surface area contributed by atoms with Crippen molar-refractivity contribution in [3.63, 3.8) is 0 Å². The molecule has 3 aromatic carbocycles. The number of hydrogen-bond acceptors (Lipinski definition) is 2. The van der Waals surface area contributed by atoms with Crippen molar-refractivity contribution in [2.24, 2.45) is 5.92 Å². The Bertz CT molecular complexity index is 1870. The van der Waals surface area contributed by atoms with Crippen molar-refractivity contribution in [3.8, 4) is 0 Å². The lowest BCUT2D eigenvalue weighted by Gasteiger charge is -2.32. The molecule has 2 aliphatic heterocycles. The van der Waals surface area contributed by atoms with E-state index in [0.29, 0.717) is 0 Å². The van der Waals surface area contributed by atoms with Crippen molar-refractivity contribution in [2.75, 3.05) is 10.3 Å². The lowest BCUT2D eigenvalue weighted by atomic mass is 9.78. The molecule has 2 aromatic heterocycles. The number of H-pyrrole nitrogens is 1. The molecule has 3 aliphatic rings. The van der Waals surface area contributed by atoms with Crippen LogP contribution in [0.4, 0.5) is 5.69 Å². The van der Waals surface area contributed by atoms with Gasteiger partial charge in [-0.2, -0.15) is 0 Å². The van der Waals surface area contributed by atoms with E-state index in [2.05, 4.69) is 137 Å². The summed E-state index contributed by atoms with van der Waals surface area (Å²) in [6.07, 6.45) is 15.9. The molecule has 192 valence electrons. The van der Waals surface area contributed by atoms with E-state index in [-0.39, 0.29) is 23.4 Å². The van der Waals surface area contributed by atoms with Crippen molar-refractivity contribution in [2.45, 2.75) is 31.3 Å². The number of para-hydroxylation sites is 2. The molecule has 0 bridgehead atoms. The zero-order valence-corrected chi connectivity index (χ0v) is 22.7. The van der Waals surface area contributed by atoms with E-state index in [1.807, 2.05) is 6.07 Å². The van der Waals surface area contributed by atoms with E-state index in [9.17, 15) is 0 Å². The molecule has 0 amide bonds. The average molecular weight is 529 g/mol. The van der Waals surface area contributed by atoms with Crippen molar-refractivity contribution >= 4 is 44.8 Å². The van der Waals surface area contributed by atoms with Gasteiger partial charge in [0.15, 0.2) is 0 Å². The number of anilines is 1. The Kier molecular flexibility index (Phi) is 4.78. The lowest BCUT2D eigenvalue weighted by molar-refractivity contribution is 0.474. The predicted octanol–water partition coefficient (Wildman–Crippen LogP) is 8.32. The number of nitrogens with one attached hydrogen (secondary N) is 2. The van der Waals surface area contributed by atoms with Gasteiger partial charge in [0, 0.05) is 61.9 Å². The quantitative estimate of drug-likeness (QED) is 0.247. The highest BCUT2D eigenvalue weighted by atomic mass is 35.5. The number of hydrogen-bond donors (Lipinski definition) is 2. The second-order valence-electron chi connectivity index (χ2n) is 11.4. The Labute approximate surface area is 232 Å². The van der Waals surface area contributed by atoms with E-state index >= 15 is 0 Å². The van der Waals surface area contributed by atoms with E-state index in [0.717, 1.165) is 16.1 Å². The second kappa shape index (κ2) is 8.17. The van der Waals surface area contributed by atoms with Gasteiger partial charge in [-0.25, -0.2) is 0 Å². The third-order valence-corrected chi connectivity index (χ3v) is 9.09. The minimum Gasteiger partial charge on any atom is -0.377 e. The fourth-order valence-corrected chi connectivity index (χ4v) is 7.11. The van der Waals surface area contributed by atoms with Gasteiger partial charge >= 0.3 is 0 Å². The van der Waals surface area contributed by atoms with Gasteiger partial charge < -0.3 is 10.3 Å². The van der Waals surface area contributed by atoms with E-state index < -0.39 is 0 Å². The summed E-state index contributed by atoms with van der Waals surface area (Å²) in [5.41, 5.74) is 8.44. The minimum atomic E-state index is -0.0887. The van der Waals surface area contributed by atoms with Crippen molar-refractivity contribution in [3.05, 3.63) is 131 Å². The first-order valence-electron chi connectivity index (χ1n) is 13.6. The van der Waals surface area contributed by atoms with Crippen molar-refractivity contribution in [1.82, 2.24) is 9.66 Å². The maximum absolute atomic E-state index is 6.63. The molecule has 0 radical (unpaired) electrons. The number of benzene rings is 3. The van der Waals surface area contributed by atoms with Gasteiger partial charge in [0.05, 0.1) is 23.3 Å². The van der Waals surface area contributed by atoms with Crippen LogP contribution in [-0.4, -0.2) is 15.7 Å². The molecule has 4 nitrogen and oxygen atoms in total. The van der Waals surface area contributed by atoms with Crippen LogP contribution in [0.5, 0.6) is 0 Å². The largest absolute Gasteiger partial charge is 0.377 e. The second-order valence-corrected chi connectivity index (χ2v) is 11.9. The van der Waals surface area contributed by atoms with Gasteiger partial charge in [0.2, 0.25) is 0 Å². The highest BCUT2D eigenvalue weighted by Gasteiger charge is 2.42. The van der Waals surface area contributed by atoms with Crippen LogP contribution in [0.15, 0.2) is 110 Å². The number of nitrogens with zero attached hydrogens (tertiary/aromatic N) is 2. The summed E-state index contributed by atoms with van der Waals surface area (Å²) >= 11 is 6.63. The van der Waals surface area contributed by atoms with Crippen LogP contribution in [0, 0.1) is 5.92 Å². The summed E-state index contributed by atoms with van der Waals surface area (Å²) < 4.78 is 2.36. The number of allylic oxidation sites excluding steroid dienone is 2. The van der Waals surface area contributed by atoms with Crippen molar-refractivity contribution < 1.29 is 0 Å². The molecule has 39 heavy (non-hydrogen) atoms. The fourth-order valence-electron chi connectivity index (χ4n) is 6.93. The molecule has 3 atom stereocenters. The molecular formula is C34H29ClN4. The maximum Gasteiger partial charge on any atom is 0.0791 e. The normalized spacial score (nSPS) is 22.8. The summed E-state index contributed by atoms with van der Waals surface area (Å²) in [5.74, 6) is 0.289. The van der Waals surface area contributed by atoms with Crippen molar-refractivity contribution in [1.29, 1.82) is 0 Å². The number of halogens is 1. The molecule has 0 spiro atoms. The lowest BCUT2D eigenvalue weighted by Crippen LogP contribution is -2.40. The molecule has 2 N–H and O–H groups in total. The highest BCUT2D eigenvalue weighted by molar-refractivity contribution is 6.31. The van der Waals surface area contributed by atoms with Gasteiger partial charge in [0.1, 0.15) is 0 Å². The van der Waals surface area contributed by atoms with Crippen LogP contribution in [0.3, 0.4) is 0 Å².